The summed E-state index contributed by atoms with van der Waals surface area (Å²) >= 11 is 0. The minimum atomic E-state index is -4.14. The van der Waals surface area contributed by atoms with Crippen molar-refractivity contribution in [3.05, 3.63) is 23.8 Å². The average molecular weight is 412 g/mol. The number of esters is 1. The topological polar surface area (TPSA) is 55.6 Å². The molecule has 2 aliphatic carbocycles. The quantitative estimate of drug-likeness (QED) is 0.458. The van der Waals surface area contributed by atoms with Crippen molar-refractivity contribution in [2.45, 2.75) is 76.4 Å². The van der Waals surface area contributed by atoms with Gasteiger partial charge in [-0.15, -0.1) is 0 Å². The smallest absolute Gasteiger partial charge is 0.389 e. The van der Waals surface area contributed by atoms with E-state index in [1.807, 2.05) is 18.2 Å². The molecule has 0 aliphatic heterocycles. The van der Waals surface area contributed by atoms with Crippen LogP contribution in [0.15, 0.2) is 18.2 Å². The van der Waals surface area contributed by atoms with Crippen LogP contribution in [-0.2, 0) is 9.53 Å². The zero-order chi connectivity index (χ0) is 21.0. The Balaban J connectivity index is 1.72. The SMILES string of the molecule is CCOC(=O)C1CC1c1ccc(N(CCCC(F)(F)F)C2CCCCC2)c(N)c1. The molecule has 2 atom stereocenters. The highest BCUT2D eigenvalue weighted by atomic mass is 19.4. The van der Waals surface area contributed by atoms with Crippen LogP contribution in [0.5, 0.6) is 0 Å². The number of alkyl halides is 3. The van der Waals surface area contributed by atoms with Gasteiger partial charge in [0.15, 0.2) is 0 Å². The molecule has 0 saturated heterocycles. The monoisotopic (exact) mass is 412 g/mol. The Morgan fingerprint density at radius 3 is 2.59 bits per heavy atom. The Kier molecular flexibility index (Phi) is 6.96. The maximum absolute atomic E-state index is 12.7. The predicted molar refractivity (Wildman–Crippen MR) is 108 cm³/mol. The van der Waals surface area contributed by atoms with Crippen LogP contribution in [0.2, 0.25) is 0 Å². The van der Waals surface area contributed by atoms with E-state index >= 15 is 0 Å². The molecule has 2 N–H and O–H groups in total. The van der Waals surface area contributed by atoms with Gasteiger partial charge in [0.05, 0.1) is 23.9 Å². The molecule has 29 heavy (non-hydrogen) atoms. The average Bonchev–Trinajstić information content (AvgIpc) is 3.47. The van der Waals surface area contributed by atoms with Gasteiger partial charge in [0.2, 0.25) is 0 Å². The highest BCUT2D eigenvalue weighted by molar-refractivity contribution is 5.78. The minimum Gasteiger partial charge on any atom is -0.466 e. The first-order valence-corrected chi connectivity index (χ1v) is 10.7. The molecule has 7 heteroatoms. The van der Waals surface area contributed by atoms with Crippen LogP contribution in [0, 0.1) is 5.92 Å². The van der Waals surface area contributed by atoms with E-state index in [4.69, 9.17) is 10.5 Å². The van der Waals surface area contributed by atoms with Crippen molar-refractivity contribution < 1.29 is 22.7 Å². The Bertz CT molecular complexity index is 702. The zero-order valence-corrected chi connectivity index (χ0v) is 17.0. The summed E-state index contributed by atoms with van der Waals surface area (Å²) in [7, 11) is 0. The number of rotatable bonds is 8. The number of nitrogens with two attached hydrogens (primary N) is 1. The molecular formula is C22H31F3N2O2. The van der Waals surface area contributed by atoms with Crippen molar-refractivity contribution in [1.82, 2.24) is 0 Å². The number of ether oxygens (including phenoxy) is 1. The van der Waals surface area contributed by atoms with Gasteiger partial charge in [-0.05, 0) is 56.2 Å². The van der Waals surface area contributed by atoms with Crippen molar-refractivity contribution in [3.8, 4) is 0 Å². The number of anilines is 2. The summed E-state index contributed by atoms with van der Waals surface area (Å²) < 4.78 is 43.1. The summed E-state index contributed by atoms with van der Waals surface area (Å²) in [6, 6.07) is 6.01. The van der Waals surface area contributed by atoms with E-state index in [9.17, 15) is 18.0 Å². The molecule has 2 aliphatic rings. The van der Waals surface area contributed by atoms with Gasteiger partial charge in [0.25, 0.3) is 0 Å². The van der Waals surface area contributed by atoms with Gasteiger partial charge in [0, 0.05) is 19.0 Å². The second kappa shape index (κ2) is 9.26. The fraction of sp³-hybridized carbons (Fsp3) is 0.682. The van der Waals surface area contributed by atoms with Crippen LogP contribution >= 0.6 is 0 Å². The molecule has 4 nitrogen and oxygen atoms in total. The second-order valence-electron chi connectivity index (χ2n) is 8.22. The Morgan fingerprint density at radius 2 is 1.97 bits per heavy atom. The number of halogens is 3. The van der Waals surface area contributed by atoms with Crippen molar-refractivity contribution >= 4 is 17.3 Å². The van der Waals surface area contributed by atoms with Gasteiger partial charge in [0.1, 0.15) is 0 Å². The van der Waals surface area contributed by atoms with Crippen molar-refractivity contribution in [2.75, 3.05) is 23.8 Å². The van der Waals surface area contributed by atoms with Crippen LogP contribution in [0.1, 0.15) is 69.8 Å². The molecule has 3 rings (SSSR count). The van der Waals surface area contributed by atoms with Gasteiger partial charge in [-0.2, -0.15) is 13.2 Å². The molecular weight excluding hydrogens is 381 g/mol. The van der Waals surface area contributed by atoms with Crippen molar-refractivity contribution in [1.29, 1.82) is 0 Å². The van der Waals surface area contributed by atoms with Crippen LogP contribution < -0.4 is 10.6 Å². The first kappa shape index (κ1) is 21.8. The molecule has 0 spiro atoms. The van der Waals surface area contributed by atoms with Gasteiger partial charge in [-0.1, -0.05) is 25.3 Å². The lowest BCUT2D eigenvalue weighted by molar-refractivity contribution is -0.144. The normalized spacial score (nSPS) is 22.3. The number of benzene rings is 1. The standard InChI is InChI=1S/C22H31F3N2O2/c1-2-29-21(28)18-14-17(18)15-9-10-20(19(26)13-15)27(12-6-11-22(23,24)25)16-7-4-3-5-8-16/h9-10,13,16-18H,2-8,11-12,14,26H2,1H3. The molecule has 1 aromatic rings. The zero-order valence-electron chi connectivity index (χ0n) is 17.0. The lowest BCUT2D eigenvalue weighted by Gasteiger charge is -2.37. The summed E-state index contributed by atoms with van der Waals surface area (Å²) in [4.78, 5) is 14.0. The number of nitrogens with zero attached hydrogens (tertiary/aromatic N) is 1. The number of carbonyl (C=O) groups is 1. The van der Waals surface area contributed by atoms with E-state index in [-0.39, 0.29) is 30.3 Å². The second-order valence-corrected chi connectivity index (χ2v) is 8.22. The third-order valence-electron chi connectivity index (χ3n) is 6.04. The van der Waals surface area contributed by atoms with Crippen LogP contribution in [-0.4, -0.2) is 31.3 Å². The van der Waals surface area contributed by atoms with E-state index in [0.717, 1.165) is 43.4 Å². The van der Waals surface area contributed by atoms with Gasteiger partial charge < -0.3 is 15.4 Å². The first-order chi connectivity index (χ1) is 13.8. The lowest BCUT2D eigenvalue weighted by Crippen LogP contribution is -2.38. The summed E-state index contributed by atoms with van der Waals surface area (Å²) in [5.74, 6) is -0.156. The summed E-state index contributed by atoms with van der Waals surface area (Å²) in [5.41, 5.74) is 8.75. The molecule has 162 valence electrons. The Hall–Kier alpha value is -1.92. The molecule has 2 saturated carbocycles. The van der Waals surface area contributed by atoms with E-state index in [0.29, 0.717) is 18.8 Å². The molecule has 0 amide bonds. The third-order valence-corrected chi connectivity index (χ3v) is 6.04. The van der Waals surface area contributed by atoms with Crippen LogP contribution in [0.3, 0.4) is 0 Å². The molecule has 2 unspecified atom stereocenters. The van der Waals surface area contributed by atoms with E-state index < -0.39 is 12.6 Å². The fourth-order valence-corrected chi connectivity index (χ4v) is 4.48. The highest BCUT2D eigenvalue weighted by Gasteiger charge is 2.45. The predicted octanol–water partition coefficient (Wildman–Crippen LogP) is 5.42. The highest BCUT2D eigenvalue weighted by Crippen LogP contribution is 2.49. The van der Waals surface area contributed by atoms with Crippen molar-refractivity contribution in [3.63, 3.8) is 0 Å². The van der Waals surface area contributed by atoms with E-state index in [1.165, 1.54) is 6.42 Å². The summed E-state index contributed by atoms with van der Waals surface area (Å²) in [5, 5.41) is 0. The van der Waals surface area contributed by atoms with E-state index in [1.54, 1.807) is 6.92 Å². The van der Waals surface area contributed by atoms with Gasteiger partial charge in [-0.25, -0.2) is 0 Å². The van der Waals surface area contributed by atoms with E-state index in [2.05, 4.69) is 4.90 Å². The summed E-state index contributed by atoms with van der Waals surface area (Å²) in [6.45, 7) is 2.51. The molecule has 1 aromatic carbocycles. The fourth-order valence-electron chi connectivity index (χ4n) is 4.48. The largest absolute Gasteiger partial charge is 0.466 e. The molecule has 0 aromatic heterocycles. The first-order valence-electron chi connectivity index (χ1n) is 10.7. The molecule has 0 radical (unpaired) electrons. The minimum absolute atomic E-state index is 0.0642. The van der Waals surface area contributed by atoms with Gasteiger partial charge >= 0.3 is 12.1 Å². The van der Waals surface area contributed by atoms with Gasteiger partial charge in [-0.3, -0.25) is 4.79 Å². The van der Waals surface area contributed by atoms with Crippen LogP contribution in [0.4, 0.5) is 24.5 Å². The molecule has 2 fully saturated rings. The Labute approximate surface area is 170 Å². The Morgan fingerprint density at radius 1 is 1.24 bits per heavy atom. The number of nitrogen functional groups attached to an aromatic ring is 1. The lowest BCUT2D eigenvalue weighted by atomic mass is 9.93. The molecule has 0 heterocycles. The third kappa shape index (κ3) is 5.80. The maximum atomic E-state index is 12.7. The molecule has 0 bridgehead atoms. The summed E-state index contributed by atoms with van der Waals surface area (Å²) in [6.07, 6.45) is 1.26. The van der Waals surface area contributed by atoms with Crippen LogP contribution in [0.25, 0.3) is 0 Å². The number of hydrogen-bond donors (Lipinski definition) is 1. The number of carbonyl (C=O) groups excluding carboxylic acids is 1. The van der Waals surface area contributed by atoms with Crippen molar-refractivity contribution in [2.24, 2.45) is 5.92 Å². The number of hydrogen-bond acceptors (Lipinski definition) is 4. The maximum Gasteiger partial charge on any atom is 0.389 e.